The Morgan fingerprint density at radius 2 is 1.70 bits per heavy atom. The predicted octanol–water partition coefficient (Wildman–Crippen LogP) is 2.75. The van der Waals surface area contributed by atoms with E-state index in [9.17, 15) is 14.4 Å². The number of likely N-dealkylation sites (N-methyl/N-ethyl adjacent to an activating group) is 1. The molecule has 3 amide bonds. The van der Waals surface area contributed by atoms with Crippen molar-refractivity contribution in [3.8, 4) is 0 Å². The van der Waals surface area contributed by atoms with E-state index in [1.165, 1.54) is 4.90 Å². The highest BCUT2D eigenvalue weighted by atomic mass is 16.6. The van der Waals surface area contributed by atoms with Gasteiger partial charge in [-0.05, 0) is 37.2 Å². The number of anilines is 3. The lowest BCUT2D eigenvalue weighted by molar-refractivity contribution is -0.119. The van der Waals surface area contributed by atoms with E-state index in [-0.39, 0.29) is 42.0 Å². The quantitative estimate of drug-likeness (QED) is 0.706. The number of imide groups is 1. The van der Waals surface area contributed by atoms with Crippen molar-refractivity contribution < 1.29 is 19.1 Å². The van der Waals surface area contributed by atoms with Crippen molar-refractivity contribution in [2.75, 3.05) is 56.2 Å². The molecule has 0 N–H and O–H groups in total. The van der Waals surface area contributed by atoms with Crippen LogP contribution in [0.3, 0.4) is 0 Å². The number of fused-ring (bicyclic) bond motifs is 2. The van der Waals surface area contributed by atoms with Crippen LogP contribution in [0, 0.1) is 5.92 Å². The number of carbonyl (C=O) groups excluding carboxylic acids is 3. The molecule has 0 unspecified atom stereocenters. The molecule has 9 heteroatoms. The van der Waals surface area contributed by atoms with Gasteiger partial charge < -0.3 is 9.64 Å². The van der Waals surface area contributed by atoms with E-state index in [2.05, 4.69) is 21.8 Å². The predicted molar refractivity (Wildman–Crippen MR) is 125 cm³/mol. The zero-order chi connectivity index (χ0) is 23.5. The van der Waals surface area contributed by atoms with Crippen molar-refractivity contribution >= 4 is 35.1 Å². The Kier molecular flexibility index (Phi) is 6.71. The summed E-state index contributed by atoms with van der Waals surface area (Å²) in [7, 11) is 2.06. The lowest BCUT2D eigenvalue weighted by atomic mass is 10.1. The maximum atomic E-state index is 13.6. The van der Waals surface area contributed by atoms with E-state index in [1.54, 1.807) is 42.6 Å². The summed E-state index contributed by atoms with van der Waals surface area (Å²) < 4.78 is 5.39. The fourth-order valence-corrected chi connectivity index (χ4v) is 3.93. The van der Waals surface area contributed by atoms with Crippen LogP contribution in [0.4, 0.5) is 22.0 Å². The molecule has 0 spiro atoms. The van der Waals surface area contributed by atoms with Crippen LogP contribution in [0.25, 0.3) is 0 Å². The van der Waals surface area contributed by atoms with E-state index in [0.717, 1.165) is 31.1 Å². The minimum Gasteiger partial charge on any atom is -0.449 e. The summed E-state index contributed by atoms with van der Waals surface area (Å²) in [6.45, 7) is 7.51. The molecule has 0 radical (unpaired) electrons. The summed E-state index contributed by atoms with van der Waals surface area (Å²) in [4.78, 5) is 51.3. The van der Waals surface area contributed by atoms with E-state index in [1.807, 2.05) is 13.8 Å². The molecule has 0 atom stereocenters. The average molecular weight is 452 g/mol. The summed E-state index contributed by atoms with van der Waals surface area (Å²) in [5, 5.41) is 0. The van der Waals surface area contributed by atoms with Crippen molar-refractivity contribution in [2.24, 2.45) is 5.92 Å². The standard InChI is InChI=1S/C24H29N5O4/c1-17(2)16-33-24(32)29-20-9-6-10-25-22(20)28(19-8-5-4-7-18(19)23(29)31)21(30)15-27-13-11-26(3)12-14-27/h4-10,17H,11-16H2,1-3H3. The van der Waals surface area contributed by atoms with Gasteiger partial charge >= 0.3 is 6.09 Å². The Balaban J connectivity index is 1.75. The van der Waals surface area contributed by atoms with Crippen LogP contribution in [-0.2, 0) is 9.53 Å². The highest BCUT2D eigenvalue weighted by Crippen LogP contribution is 2.39. The fraction of sp³-hybridized carbons (Fsp3) is 0.417. The number of hydrogen-bond acceptors (Lipinski definition) is 7. The first-order valence-electron chi connectivity index (χ1n) is 11.2. The maximum Gasteiger partial charge on any atom is 0.421 e. The third-order valence-corrected chi connectivity index (χ3v) is 5.72. The van der Waals surface area contributed by atoms with Gasteiger partial charge in [0.1, 0.15) is 0 Å². The normalized spacial score (nSPS) is 16.9. The molecule has 3 heterocycles. The Hall–Kier alpha value is -3.30. The van der Waals surface area contributed by atoms with Crippen molar-refractivity contribution in [3.63, 3.8) is 0 Å². The Morgan fingerprint density at radius 1 is 1.00 bits per heavy atom. The van der Waals surface area contributed by atoms with E-state index < -0.39 is 12.0 Å². The van der Waals surface area contributed by atoms with E-state index >= 15 is 0 Å². The molecule has 0 bridgehead atoms. The summed E-state index contributed by atoms with van der Waals surface area (Å²) in [6.07, 6.45) is 0.761. The third kappa shape index (κ3) is 4.74. The molecular formula is C24H29N5O4. The van der Waals surface area contributed by atoms with Gasteiger partial charge in [-0.15, -0.1) is 0 Å². The summed E-state index contributed by atoms with van der Waals surface area (Å²) in [5.74, 6) is -0.421. The summed E-state index contributed by atoms with van der Waals surface area (Å²) in [6, 6.07) is 10.0. The van der Waals surface area contributed by atoms with Crippen LogP contribution in [0.1, 0.15) is 24.2 Å². The number of para-hydroxylation sites is 1. The molecule has 0 aliphatic carbocycles. The number of carbonyl (C=O) groups is 3. The minimum atomic E-state index is -0.786. The van der Waals surface area contributed by atoms with Crippen LogP contribution in [0.15, 0.2) is 42.6 Å². The maximum absolute atomic E-state index is 13.6. The van der Waals surface area contributed by atoms with Gasteiger partial charge in [0.15, 0.2) is 5.82 Å². The second kappa shape index (κ2) is 9.68. The lowest BCUT2D eigenvalue weighted by Gasteiger charge is -2.33. The smallest absolute Gasteiger partial charge is 0.421 e. The third-order valence-electron chi connectivity index (χ3n) is 5.72. The van der Waals surface area contributed by atoms with Crippen molar-refractivity contribution in [1.82, 2.24) is 14.8 Å². The monoisotopic (exact) mass is 451 g/mol. The zero-order valence-electron chi connectivity index (χ0n) is 19.2. The molecule has 1 aromatic heterocycles. The molecule has 1 fully saturated rings. The van der Waals surface area contributed by atoms with Crippen molar-refractivity contribution in [1.29, 1.82) is 0 Å². The Morgan fingerprint density at radius 3 is 2.42 bits per heavy atom. The molecule has 4 rings (SSSR count). The Bertz CT molecular complexity index is 1050. The van der Waals surface area contributed by atoms with Gasteiger partial charge in [-0.25, -0.2) is 14.7 Å². The van der Waals surface area contributed by atoms with Crippen LogP contribution in [0.5, 0.6) is 0 Å². The second-order valence-electron chi connectivity index (χ2n) is 8.78. The van der Waals surface area contributed by atoms with Gasteiger partial charge in [-0.2, -0.15) is 0 Å². The van der Waals surface area contributed by atoms with E-state index in [0.29, 0.717) is 5.69 Å². The number of benzene rings is 1. The fourth-order valence-electron chi connectivity index (χ4n) is 3.93. The average Bonchev–Trinajstić information content (AvgIpc) is 2.91. The molecule has 33 heavy (non-hydrogen) atoms. The number of ether oxygens (including phenoxy) is 1. The number of nitrogens with zero attached hydrogens (tertiary/aromatic N) is 5. The van der Waals surface area contributed by atoms with Gasteiger partial charge in [0.05, 0.1) is 30.1 Å². The number of amides is 3. The SMILES string of the molecule is CC(C)COC(=O)N1C(=O)c2ccccc2N(C(=O)CN2CCN(C)CC2)c2ncccc21. The highest BCUT2D eigenvalue weighted by Gasteiger charge is 2.38. The van der Waals surface area contributed by atoms with Gasteiger partial charge in [0, 0.05) is 32.4 Å². The van der Waals surface area contributed by atoms with Crippen LogP contribution >= 0.6 is 0 Å². The minimum absolute atomic E-state index is 0.110. The topological polar surface area (TPSA) is 86.3 Å². The lowest BCUT2D eigenvalue weighted by Crippen LogP contribution is -2.48. The number of aromatic nitrogens is 1. The number of pyridine rings is 1. The van der Waals surface area contributed by atoms with E-state index in [4.69, 9.17) is 4.74 Å². The number of rotatable bonds is 4. The second-order valence-corrected chi connectivity index (χ2v) is 8.78. The molecule has 0 saturated carbocycles. The molecule has 2 aliphatic rings. The first kappa shape index (κ1) is 22.9. The molecule has 2 aliphatic heterocycles. The number of hydrogen-bond donors (Lipinski definition) is 0. The van der Waals surface area contributed by atoms with Crippen molar-refractivity contribution in [2.45, 2.75) is 13.8 Å². The van der Waals surface area contributed by atoms with Gasteiger partial charge in [-0.1, -0.05) is 26.0 Å². The van der Waals surface area contributed by atoms with Gasteiger partial charge in [0.2, 0.25) is 5.91 Å². The molecule has 9 nitrogen and oxygen atoms in total. The summed E-state index contributed by atoms with van der Waals surface area (Å²) >= 11 is 0. The van der Waals surface area contributed by atoms with Crippen LogP contribution in [0.2, 0.25) is 0 Å². The molecule has 2 aromatic rings. The van der Waals surface area contributed by atoms with Crippen molar-refractivity contribution in [3.05, 3.63) is 48.2 Å². The summed E-state index contributed by atoms with van der Waals surface area (Å²) in [5.41, 5.74) is 0.864. The first-order chi connectivity index (χ1) is 15.9. The molecule has 1 aromatic carbocycles. The molecule has 174 valence electrons. The number of piperazine rings is 1. The largest absolute Gasteiger partial charge is 0.449 e. The molecule has 1 saturated heterocycles. The highest BCUT2D eigenvalue weighted by molar-refractivity contribution is 6.26. The van der Waals surface area contributed by atoms with Gasteiger partial charge in [-0.3, -0.25) is 19.4 Å². The van der Waals surface area contributed by atoms with Gasteiger partial charge in [0.25, 0.3) is 5.91 Å². The van der Waals surface area contributed by atoms with Crippen LogP contribution < -0.4 is 9.80 Å². The molecular weight excluding hydrogens is 422 g/mol. The zero-order valence-corrected chi connectivity index (χ0v) is 19.2. The van der Waals surface area contributed by atoms with Crippen LogP contribution in [-0.4, -0.2) is 79.1 Å². The Labute approximate surface area is 193 Å². The first-order valence-corrected chi connectivity index (χ1v) is 11.2.